The van der Waals surface area contributed by atoms with Crippen molar-refractivity contribution in [1.29, 1.82) is 0 Å². The standard InChI is InChI=1S/C10H12N2O2/c11-10(14)9-2-1-5-12(9)7-3-4-8(13)6-7/h1-5,7-8,13H,6H2,(H2,11,14)/t7-,8-/m0/s1. The van der Waals surface area contributed by atoms with Crippen LogP contribution in [0.3, 0.4) is 0 Å². The molecule has 3 N–H and O–H groups in total. The first-order chi connectivity index (χ1) is 6.68. The van der Waals surface area contributed by atoms with Gasteiger partial charge in [0, 0.05) is 12.6 Å². The lowest BCUT2D eigenvalue weighted by Gasteiger charge is -2.13. The minimum atomic E-state index is -0.440. The van der Waals surface area contributed by atoms with Crippen molar-refractivity contribution in [2.75, 3.05) is 0 Å². The van der Waals surface area contributed by atoms with E-state index < -0.39 is 12.0 Å². The SMILES string of the molecule is NC(=O)c1cccn1[C@H]1C=C[C@H](O)C1. The lowest BCUT2D eigenvalue weighted by Crippen LogP contribution is -2.19. The molecule has 0 bridgehead atoms. The van der Waals surface area contributed by atoms with Gasteiger partial charge in [-0.25, -0.2) is 0 Å². The van der Waals surface area contributed by atoms with Crippen LogP contribution in [0.4, 0.5) is 0 Å². The number of aliphatic hydroxyl groups excluding tert-OH is 1. The summed E-state index contributed by atoms with van der Waals surface area (Å²) in [5.41, 5.74) is 5.70. The molecule has 1 aliphatic carbocycles. The van der Waals surface area contributed by atoms with Gasteiger partial charge < -0.3 is 15.4 Å². The molecule has 0 unspecified atom stereocenters. The number of amides is 1. The normalized spacial score (nSPS) is 25.5. The average Bonchev–Trinajstić information content (AvgIpc) is 2.70. The van der Waals surface area contributed by atoms with Gasteiger partial charge >= 0.3 is 0 Å². The van der Waals surface area contributed by atoms with Crippen molar-refractivity contribution in [3.63, 3.8) is 0 Å². The molecule has 0 saturated heterocycles. The number of allylic oxidation sites excluding steroid dienone is 1. The second kappa shape index (κ2) is 3.31. The van der Waals surface area contributed by atoms with Crippen molar-refractivity contribution in [2.45, 2.75) is 18.6 Å². The van der Waals surface area contributed by atoms with E-state index in [1.165, 1.54) is 0 Å². The molecule has 4 nitrogen and oxygen atoms in total. The largest absolute Gasteiger partial charge is 0.389 e. The molecule has 1 amide bonds. The van der Waals surface area contributed by atoms with E-state index >= 15 is 0 Å². The molecule has 0 spiro atoms. The molecule has 1 aromatic heterocycles. The number of nitrogens with zero attached hydrogens (tertiary/aromatic N) is 1. The van der Waals surface area contributed by atoms with Crippen molar-refractivity contribution in [2.24, 2.45) is 5.73 Å². The monoisotopic (exact) mass is 192 g/mol. The van der Waals surface area contributed by atoms with Crippen molar-refractivity contribution in [3.05, 3.63) is 36.2 Å². The quantitative estimate of drug-likeness (QED) is 0.668. The summed E-state index contributed by atoms with van der Waals surface area (Å²) in [6, 6.07) is 3.50. The third kappa shape index (κ3) is 1.44. The lowest BCUT2D eigenvalue weighted by molar-refractivity contribution is 0.0989. The number of nitrogens with two attached hydrogens (primary N) is 1. The summed E-state index contributed by atoms with van der Waals surface area (Å²) in [7, 11) is 0. The molecule has 1 aliphatic rings. The van der Waals surface area contributed by atoms with Gasteiger partial charge in [-0.05, 0) is 12.1 Å². The summed E-state index contributed by atoms with van der Waals surface area (Å²) in [5.74, 6) is -0.440. The minimum Gasteiger partial charge on any atom is -0.389 e. The Balaban J connectivity index is 2.29. The molecule has 14 heavy (non-hydrogen) atoms. The highest BCUT2D eigenvalue weighted by atomic mass is 16.3. The Labute approximate surface area is 81.6 Å². The van der Waals surface area contributed by atoms with Gasteiger partial charge in [0.15, 0.2) is 0 Å². The van der Waals surface area contributed by atoms with Crippen LogP contribution in [-0.2, 0) is 0 Å². The second-order valence-electron chi connectivity index (χ2n) is 3.42. The maximum atomic E-state index is 11.0. The fourth-order valence-electron chi connectivity index (χ4n) is 1.76. The van der Waals surface area contributed by atoms with Crippen LogP contribution in [0.1, 0.15) is 23.0 Å². The number of carbonyl (C=O) groups excluding carboxylic acids is 1. The van der Waals surface area contributed by atoms with Crippen molar-refractivity contribution in [3.8, 4) is 0 Å². The van der Waals surface area contributed by atoms with E-state index in [1.54, 1.807) is 29.0 Å². The molecule has 0 aliphatic heterocycles. The van der Waals surface area contributed by atoms with Crippen LogP contribution in [0, 0.1) is 0 Å². The Kier molecular flexibility index (Phi) is 2.13. The van der Waals surface area contributed by atoms with Crippen molar-refractivity contribution in [1.82, 2.24) is 4.57 Å². The van der Waals surface area contributed by atoms with Crippen LogP contribution in [0.25, 0.3) is 0 Å². The van der Waals surface area contributed by atoms with E-state index in [9.17, 15) is 9.90 Å². The summed E-state index contributed by atoms with van der Waals surface area (Å²) in [6.45, 7) is 0. The van der Waals surface area contributed by atoms with Crippen LogP contribution in [0.5, 0.6) is 0 Å². The molecule has 2 rings (SSSR count). The van der Waals surface area contributed by atoms with Crippen molar-refractivity contribution >= 4 is 5.91 Å². The van der Waals surface area contributed by atoms with Crippen LogP contribution in [0.15, 0.2) is 30.5 Å². The highest BCUT2D eigenvalue weighted by Crippen LogP contribution is 2.24. The zero-order chi connectivity index (χ0) is 10.1. The molecular weight excluding hydrogens is 180 g/mol. The third-order valence-electron chi connectivity index (χ3n) is 2.43. The Hall–Kier alpha value is -1.55. The van der Waals surface area contributed by atoms with Crippen LogP contribution in [-0.4, -0.2) is 21.7 Å². The number of rotatable bonds is 2. The minimum absolute atomic E-state index is 0.0440. The first-order valence-corrected chi connectivity index (χ1v) is 4.51. The van der Waals surface area contributed by atoms with E-state index in [2.05, 4.69) is 0 Å². The molecule has 1 aromatic rings. The predicted molar refractivity (Wildman–Crippen MR) is 51.8 cm³/mol. The summed E-state index contributed by atoms with van der Waals surface area (Å²) in [5, 5.41) is 9.31. The van der Waals surface area contributed by atoms with Crippen LogP contribution >= 0.6 is 0 Å². The zero-order valence-corrected chi connectivity index (χ0v) is 7.63. The summed E-state index contributed by atoms with van der Waals surface area (Å²) in [6.07, 6.45) is 5.61. The fourth-order valence-corrected chi connectivity index (χ4v) is 1.76. The van der Waals surface area contributed by atoms with Gasteiger partial charge in [-0.15, -0.1) is 0 Å². The molecule has 1 heterocycles. The van der Waals surface area contributed by atoms with Gasteiger partial charge in [0.25, 0.3) is 5.91 Å². The first kappa shape index (κ1) is 9.02. The van der Waals surface area contributed by atoms with E-state index in [0.717, 1.165) is 0 Å². The number of aliphatic hydroxyl groups is 1. The Morgan fingerprint density at radius 1 is 1.57 bits per heavy atom. The average molecular weight is 192 g/mol. The molecular formula is C10H12N2O2. The van der Waals surface area contributed by atoms with Gasteiger partial charge in [0.05, 0.1) is 12.1 Å². The van der Waals surface area contributed by atoms with E-state index in [1.807, 2.05) is 6.08 Å². The Morgan fingerprint density at radius 2 is 2.36 bits per heavy atom. The highest BCUT2D eigenvalue weighted by Gasteiger charge is 2.20. The molecule has 74 valence electrons. The first-order valence-electron chi connectivity index (χ1n) is 4.51. The maximum Gasteiger partial charge on any atom is 0.265 e. The van der Waals surface area contributed by atoms with E-state index in [4.69, 9.17) is 5.73 Å². The molecule has 2 atom stereocenters. The fraction of sp³-hybridized carbons (Fsp3) is 0.300. The molecule has 0 radical (unpaired) electrons. The molecule has 0 saturated carbocycles. The summed E-state index contributed by atoms with van der Waals surface area (Å²) in [4.78, 5) is 11.0. The molecule has 0 fully saturated rings. The summed E-state index contributed by atoms with van der Waals surface area (Å²) < 4.78 is 1.79. The smallest absolute Gasteiger partial charge is 0.265 e. The topological polar surface area (TPSA) is 68.2 Å². The lowest BCUT2D eigenvalue weighted by atomic mass is 10.2. The highest BCUT2D eigenvalue weighted by molar-refractivity contribution is 5.91. The molecule has 0 aromatic carbocycles. The number of carbonyl (C=O) groups is 1. The van der Waals surface area contributed by atoms with Crippen LogP contribution in [0.2, 0.25) is 0 Å². The zero-order valence-electron chi connectivity index (χ0n) is 7.63. The number of aromatic nitrogens is 1. The van der Waals surface area contributed by atoms with Crippen LogP contribution < -0.4 is 5.73 Å². The van der Waals surface area contributed by atoms with Gasteiger partial charge in [0.1, 0.15) is 5.69 Å². The summed E-state index contributed by atoms with van der Waals surface area (Å²) >= 11 is 0. The van der Waals surface area contributed by atoms with Gasteiger partial charge in [-0.3, -0.25) is 4.79 Å². The Morgan fingerprint density at radius 3 is 2.93 bits per heavy atom. The van der Waals surface area contributed by atoms with Gasteiger partial charge in [0.2, 0.25) is 0 Å². The van der Waals surface area contributed by atoms with Gasteiger partial charge in [-0.2, -0.15) is 0 Å². The molecule has 4 heteroatoms. The van der Waals surface area contributed by atoms with E-state index in [0.29, 0.717) is 12.1 Å². The predicted octanol–water partition coefficient (Wildman–Crippen LogP) is 0.449. The van der Waals surface area contributed by atoms with Gasteiger partial charge in [-0.1, -0.05) is 12.2 Å². The van der Waals surface area contributed by atoms with E-state index in [-0.39, 0.29) is 6.04 Å². The third-order valence-corrected chi connectivity index (χ3v) is 2.43. The number of primary amides is 1. The van der Waals surface area contributed by atoms with Crippen molar-refractivity contribution < 1.29 is 9.90 Å². The Bertz CT molecular complexity index is 381. The number of hydrogen-bond acceptors (Lipinski definition) is 2. The number of hydrogen-bond donors (Lipinski definition) is 2. The maximum absolute atomic E-state index is 11.0. The second-order valence-corrected chi connectivity index (χ2v) is 3.42.